The molecule has 0 spiro atoms. The molecule has 3 rings (SSSR count). The average molecular weight is 352 g/mol. The molecule has 0 radical (unpaired) electrons. The standard InChI is InChI=1S/C20H20N2O4/c1-13-19(14-6-2-5-9-17(14)22-13)18(24)12-26-20(25)15-7-3-4-8-16(15)21-10-11-23/h2-9,21-23H,10-12H2,1H3. The van der Waals surface area contributed by atoms with Crippen LogP contribution in [0.3, 0.4) is 0 Å². The highest BCUT2D eigenvalue weighted by Crippen LogP contribution is 2.23. The summed E-state index contributed by atoms with van der Waals surface area (Å²) in [7, 11) is 0. The first-order valence-corrected chi connectivity index (χ1v) is 8.33. The minimum Gasteiger partial charge on any atom is -0.454 e. The number of fused-ring (bicyclic) bond motifs is 1. The van der Waals surface area contributed by atoms with Gasteiger partial charge in [0.1, 0.15) is 0 Å². The third-order valence-electron chi connectivity index (χ3n) is 4.08. The molecule has 6 heteroatoms. The topological polar surface area (TPSA) is 91.4 Å². The van der Waals surface area contributed by atoms with Gasteiger partial charge in [0.05, 0.1) is 12.2 Å². The number of hydrogen-bond donors (Lipinski definition) is 3. The van der Waals surface area contributed by atoms with E-state index in [1.807, 2.05) is 31.2 Å². The number of anilines is 1. The van der Waals surface area contributed by atoms with Crippen molar-refractivity contribution in [2.24, 2.45) is 0 Å². The van der Waals surface area contributed by atoms with Crippen LogP contribution in [-0.4, -0.2) is 41.6 Å². The zero-order valence-corrected chi connectivity index (χ0v) is 14.4. The average Bonchev–Trinajstić information content (AvgIpc) is 3.00. The van der Waals surface area contributed by atoms with Gasteiger partial charge in [-0.1, -0.05) is 30.3 Å². The van der Waals surface area contributed by atoms with Crippen molar-refractivity contribution >= 4 is 28.3 Å². The van der Waals surface area contributed by atoms with Gasteiger partial charge in [-0.05, 0) is 25.1 Å². The number of nitrogens with one attached hydrogen (secondary N) is 2. The lowest BCUT2D eigenvalue weighted by atomic mass is 10.1. The fourth-order valence-electron chi connectivity index (χ4n) is 2.92. The Hall–Kier alpha value is -3.12. The maximum Gasteiger partial charge on any atom is 0.340 e. The number of aliphatic hydroxyl groups is 1. The number of aromatic nitrogens is 1. The largest absolute Gasteiger partial charge is 0.454 e. The quantitative estimate of drug-likeness (QED) is 0.449. The Morgan fingerprint density at radius 2 is 1.85 bits per heavy atom. The van der Waals surface area contributed by atoms with Crippen LogP contribution in [0.2, 0.25) is 0 Å². The predicted molar refractivity (Wildman–Crippen MR) is 99.7 cm³/mol. The van der Waals surface area contributed by atoms with Crippen molar-refractivity contribution in [1.82, 2.24) is 4.98 Å². The molecule has 0 fully saturated rings. The van der Waals surface area contributed by atoms with Gasteiger partial charge in [0.2, 0.25) is 5.78 Å². The number of aryl methyl sites for hydroxylation is 1. The molecule has 0 atom stereocenters. The minimum absolute atomic E-state index is 0.0539. The number of ketones is 1. The van der Waals surface area contributed by atoms with Crippen LogP contribution in [0.25, 0.3) is 10.9 Å². The van der Waals surface area contributed by atoms with Crippen LogP contribution in [0.4, 0.5) is 5.69 Å². The van der Waals surface area contributed by atoms with Crippen LogP contribution >= 0.6 is 0 Å². The number of benzene rings is 2. The lowest BCUT2D eigenvalue weighted by Gasteiger charge is -2.10. The highest BCUT2D eigenvalue weighted by atomic mass is 16.5. The van der Waals surface area contributed by atoms with Crippen molar-refractivity contribution < 1.29 is 19.4 Å². The number of esters is 1. The monoisotopic (exact) mass is 352 g/mol. The van der Waals surface area contributed by atoms with E-state index in [1.54, 1.807) is 24.3 Å². The number of Topliss-reactive ketones (excluding diaryl/α,β-unsaturated/α-hetero) is 1. The molecule has 134 valence electrons. The second-order valence-electron chi connectivity index (χ2n) is 5.87. The molecule has 2 aromatic carbocycles. The summed E-state index contributed by atoms with van der Waals surface area (Å²) >= 11 is 0. The molecule has 0 aliphatic heterocycles. The highest BCUT2D eigenvalue weighted by Gasteiger charge is 2.19. The van der Waals surface area contributed by atoms with Gasteiger partial charge in [-0.3, -0.25) is 4.79 Å². The predicted octanol–water partition coefficient (Wildman–Crippen LogP) is 2.92. The van der Waals surface area contributed by atoms with Crippen molar-refractivity contribution in [2.45, 2.75) is 6.92 Å². The van der Waals surface area contributed by atoms with Gasteiger partial charge in [0, 0.05) is 34.4 Å². The van der Waals surface area contributed by atoms with Crippen LogP contribution in [0.15, 0.2) is 48.5 Å². The third-order valence-corrected chi connectivity index (χ3v) is 4.08. The molecule has 0 amide bonds. The maximum absolute atomic E-state index is 12.6. The van der Waals surface area contributed by atoms with Gasteiger partial charge in [0.15, 0.2) is 6.61 Å². The number of carbonyl (C=O) groups is 2. The fourth-order valence-corrected chi connectivity index (χ4v) is 2.92. The summed E-state index contributed by atoms with van der Waals surface area (Å²) in [6.07, 6.45) is 0. The van der Waals surface area contributed by atoms with E-state index in [4.69, 9.17) is 9.84 Å². The van der Waals surface area contributed by atoms with Crippen molar-refractivity contribution in [1.29, 1.82) is 0 Å². The Labute approximate surface area is 150 Å². The molecule has 3 aromatic rings. The van der Waals surface area contributed by atoms with Crippen LogP contribution in [0, 0.1) is 6.92 Å². The normalized spacial score (nSPS) is 10.7. The van der Waals surface area contributed by atoms with Crippen molar-refractivity contribution in [3.05, 3.63) is 65.4 Å². The van der Waals surface area contributed by atoms with E-state index >= 15 is 0 Å². The molecule has 6 nitrogen and oxygen atoms in total. The van der Waals surface area contributed by atoms with E-state index < -0.39 is 5.97 Å². The van der Waals surface area contributed by atoms with Crippen LogP contribution < -0.4 is 5.32 Å². The molecule has 0 saturated heterocycles. The van der Waals surface area contributed by atoms with Gasteiger partial charge >= 0.3 is 5.97 Å². The lowest BCUT2D eigenvalue weighted by molar-refractivity contribution is 0.0476. The summed E-state index contributed by atoms with van der Waals surface area (Å²) in [5.74, 6) is -0.842. The molecule has 0 saturated carbocycles. The van der Waals surface area contributed by atoms with Crippen LogP contribution in [-0.2, 0) is 4.74 Å². The Morgan fingerprint density at radius 1 is 1.12 bits per heavy atom. The summed E-state index contributed by atoms with van der Waals surface area (Å²) in [6, 6.07) is 14.3. The van der Waals surface area contributed by atoms with Gasteiger partial charge in [-0.15, -0.1) is 0 Å². The van der Waals surface area contributed by atoms with E-state index in [2.05, 4.69) is 10.3 Å². The molecule has 3 N–H and O–H groups in total. The smallest absolute Gasteiger partial charge is 0.340 e. The molecular formula is C20H20N2O4. The van der Waals surface area contributed by atoms with Crippen molar-refractivity contribution in [3.63, 3.8) is 0 Å². The SMILES string of the molecule is Cc1[nH]c2ccccc2c1C(=O)COC(=O)c1ccccc1NCCO. The number of H-pyrrole nitrogens is 1. The Kier molecular flexibility index (Phi) is 5.34. The molecule has 26 heavy (non-hydrogen) atoms. The van der Waals surface area contributed by atoms with Gasteiger partial charge < -0.3 is 20.1 Å². The third kappa shape index (κ3) is 3.60. The first-order valence-electron chi connectivity index (χ1n) is 8.33. The molecule has 0 bridgehead atoms. The van der Waals surface area contributed by atoms with E-state index in [9.17, 15) is 9.59 Å². The zero-order chi connectivity index (χ0) is 18.5. The minimum atomic E-state index is -0.586. The summed E-state index contributed by atoms with van der Waals surface area (Å²) < 4.78 is 5.23. The molecule has 1 heterocycles. The summed E-state index contributed by atoms with van der Waals surface area (Å²) in [6.45, 7) is 1.75. The summed E-state index contributed by atoms with van der Waals surface area (Å²) in [4.78, 5) is 28.1. The van der Waals surface area contributed by atoms with E-state index in [0.29, 0.717) is 23.4 Å². The van der Waals surface area contributed by atoms with E-state index in [-0.39, 0.29) is 19.0 Å². The van der Waals surface area contributed by atoms with Gasteiger partial charge in [-0.25, -0.2) is 4.79 Å². The fraction of sp³-hybridized carbons (Fsp3) is 0.200. The van der Waals surface area contributed by atoms with Crippen molar-refractivity contribution in [3.8, 4) is 0 Å². The molecule has 0 aliphatic carbocycles. The molecule has 0 unspecified atom stereocenters. The lowest BCUT2D eigenvalue weighted by Crippen LogP contribution is -2.17. The number of ether oxygens (including phenoxy) is 1. The van der Waals surface area contributed by atoms with Crippen LogP contribution in [0.1, 0.15) is 26.4 Å². The molecule has 1 aromatic heterocycles. The number of para-hydroxylation sites is 2. The second kappa shape index (κ2) is 7.84. The molecular weight excluding hydrogens is 332 g/mol. The number of aliphatic hydroxyl groups excluding tert-OH is 1. The van der Waals surface area contributed by atoms with Crippen molar-refractivity contribution in [2.75, 3.05) is 25.1 Å². The Balaban J connectivity index is 1.73. The molecule has 0 aliphatic rings. The second-order valence-corrected chi connectivity index (χ2v) is 5.87. The zero-order valence-electron chi connectivity index (χ0n) is 14.4. The van der Waals surface area contributed by atoms with Crippen LogP contribution in [0.5, 0.6) is 0 Å². The highest BCUT2D eigenvalue weighted by molar-refractivity contribution is 6.10. The number of rotatable bonds is 7. The number of aromatic amines is 1. The number of hydrogen-bond acceptors (Lipinski definition) is 5. The van der Waals surface area contributed by atoms with Gasteiger partial charge in [-0.2, -0.15) is 0 Å². The Morgan fingerprint density at radius 3 is 2.65 bits per heavy atom. The first kappa shape index (κ1) is 17.7. The number of carbonyl (C=O) groups excluding carboxylic acids is 2. The maximum atomic E-state index is 12.6. The van der Waals surface area contributed by atoms with E-state index in [0.717, 1.165) is 16.6 Å². The van der Waals surface area contributed by atoms with E-state index in [1.165, 1.54) is 0 Å². The summed E-state index contributed by atoms with van der Waals surface area (Å²) in [5.41, 5.74) is 3.04. The summed E-state index contributed by atoms with van der Waals surface area (Å²) in [5, 5.41) is 12.7. The Bertz CT molecular complexity index is 946. The first-order chi connectivity index (χ1) is 12.6. The van der Waals surface area contributed by atoms with Gasteiger partial charge in [0.25, 0.3) is 0 Å².